The van der Waals surface area contributed by atoms with Crippen molar-refractivity contribution in [3.8, 4) is 0 Å². The molecule has 0 radical (unpaired) electrons. The Bertz CT molecular complexity index is 818. The van der Waals surface area contributed by atoms with Crippen LogP contribution in [0.25, 0.3) is 6.08 Å². The van der Waals surface area contributed by atoms with Gasteiger partial charge in [-0.3, -0.25) is 9.69 Å². The lowest BCUT2D eigenvalue weighted by molar-refractivity contribution is -0.117. The molecule has 0 bridgehead atoms. The minimum absolute atomic E-state index is 0.0726. The molecule has 0 spiro atoms. The van der Waals surface area contributed by atoms with Gasteiger partial charge in [-0.2, -0.15) is 0 Å². The van der Waals surface area contributed by atoms with Gasteiger partial charge in [0.2, 0.25) is 5.91 Å². The van der Waals surface area contributed by atoms with Crippen LogP contribution in [0.1, 0.15) is 17.2 Å². The van der Waals surface area contributed by atoms with Crippen LogP contribution in [0.15, 0.2) is 54.6 Å². The molecular formula is C22H25Cl2N3O. The van der Waals surface area contributed by atoms with Crippen molar-refractivity contribution in [1.82, 2.24) is 15.1 Å². The SMILES string of the molecule is CN1CCN(CC(NC(=O)/C=C/c2cccc(Cl)c2Cl)c2ccccc2)CC1. The van der Waals surface area contributed by atoms with Gasteiger partial charge in [-0.1, -0.05) is 65.7 Å². The number of hydrogen-bond donors (Lipinski definition) is 1. The molecule has 1 heterocycles. The Balaban J connectivity index is 1.69. The fourth-order valence-corrected chi connectivity index (χ4v) is 3.61. The van der Waals surface area contributed by atoms with E-state index in [0.717, 1.165) is 43.9 Å². The Morgan fingerprint density at radius 3 is 2.50 bits per heavy atom. The van der Waals surface area contributed by atoms with E-state index in [1.165, 1.54) is 6.08 Å². The maximum atomic E-state index is 12.6. The Kier molecular flexibility index (Phi) is 7.51. The summed E-state index contributed by atoms with van der Waals surface area (Å²) >= 11 is 12.2. The molecule has 0 aliphatic carbocycles. The number of nitrogens with one attached hydrogen (secondary N) is 1. The van der Waals surface area contributed by atoms with E-state index >= 15 is 0 Å². The quantitative estimate of drug-likeness (QED) is 0.718. The van der Waals surface area contributed by atoms with Crippen molar-refractivity contribution in [3.05, 3.63) is 75.8 Å². The van der Waals surface area contributed by atoms with Crippen LogP contribution < -0.4 is 5.32 Å². The molecule has 2 aromatic carbocycles. The predicted molar refractivity (Wildman–Crippen MR) is 117 cm³/mol. The maximum Gasteiger partial charge on any atom is 0.244 e. The Morgan fingerprint density at radius 2 is 1.79 bits per heavy atom. The first kappa shape index (κ1) is 20.9. The lowest BCUT2D eigenvalue weighted by Gasteiger charge is -2.34. The van der Waals surface area contributed by atoms with Gasteiger partial charge in [0.1, 0.15) is 0 Å². The van der Waals surface area contributed by atoms with E-state index in [4.69, 9.17) is 23.2 Å². The first-order valence-electron chi connectivity index (χ1n) is 9.41. The molecule has 3 rings (SSSR count). The summed E-state index contributed by atoms with van der Waals surface area (Å²) in [6.07, 6.45) is 3.21. The first-order chi connectivity index (χ1) is 13.5. The summed E-state index contributed by atoms with van der Waals surface area (Å²) in [7, 11) is 2.14. The van der Waals surface area contributed by atoms with Gasteiger partial charge in [0.25, 0.3) is 0 Å². The Morgan fingerprint density at radius 1 is 1.07 bits per heavy atom. The molecule has 0 aromatic heterocycles. The van der Waals surface area contributed by atoms with Crippen LogP contribution in [0.4, 0.5) is 0 Å². The van der Waals surface area contributed by atoms with Gasteiger partial charge in [0.15, 0.2) is 0 Å². The van der Waals surface area contributed by atoms with Crippen molar-refractivity contribution >= 4 is 35.2 Å². The smallest absolute Gasteiger partial charge is 0.244 e. The van der Waals surface area contributed by atoms with Gasteiger partial charge in [0, 0.05) is 38.8 Å². The number of piperazine rings is 1. The summed E-state index contributed by atoms with van der Waals surface area (Å²) in [5.74, 6) is -0.154. The monoisotopic (exact) mass is 417 g/mol. The molecule has 1 atom stereocenters. The summed E-state index contributed by atoms with van der Waals surface area (Å²) in [5.41, 5.74) is 1.82. The summed E-state index contributed by atoms with van der Waals surface area (Å²) in [6, 6.07) is 15.4. The van der Waals surface area contributed by atoms with E-state index in [1.807, 2.05) is 30.3 Å². The Hall–Kier alpha value is -1.85. The van der Waals surface area contributed by atoms with Crippen molar-refractivity contribution < 1.29 is 4.79 Å². The van der Waals surface area contributed by atoms with Crippen LogP contribution in [0.2, 0.25) is 10.0 Å². The molecule has 2 aromatic rings. The highest BCUT2D eigenvalue weighted by molar-refractivity contribution is 6.42. The van der Waals surface area contributed by atoms with Crippen LogP contribution in [0, 0.1) is 0 Å². The zero-order valence-corrected chi connectivity index (χ0v) is 17.5. The third kappa shape index (κ3) is 5.82. The van der Waals surface area contributed by atoms with E-state index in [9.17, 15) is 4.79 Å². The molecular weight excluding hydrogens is 393 g/mol. The lowest BCUT2D eigenvalue weighted by Crippen LogP contribution is -2.47. The largest absolute Gasteiger partial charge is 0.344 e. The van der Waals surface area contributed by atoms with E-state index in [1.54, 1.807) is 12.1 Å². The van der Waals surface area contributed by atoms with Crippen LogP contribution in [-0.2, 0) is 4.79 Å². The average molecular weight is 418 g/mol. The number of likely N-dealkylation sites (N-methyl/N-ethyl adjacent to an activating group) is 1. The Labute approximate surface area is 176 Å². The maximum absolute atomic E-state index is 12.6. The molecule has 0 saturated carbocycles. The standard InChI is InChI=1S/C22H25Cl2N3O/c1-26-12-14-27(15-13-26)16-20(17-6-3-2-4-7-17)25-21(28)11-10-18-8-5-9-19(23)22(18)24/h2-11,20H,12-16H2,1H3,(H,25,28)/b11-10+. The molecule has 28 heavy (non-hydrogen) atoms. The topological polar surface area (TPSA) is 35.6 Å². The molecule has 1 fully saturated rings. The second kappa shape index (κ2) is 10.1. The summed E-state index contributed by atoms with van der Waals surface area (Å²) in [6.45, 7) is 4.88. The van der Waals surface area contributed by atoms with Crippen molar-refractivity contribution in [2.24, 2.45) is 0 Å². The van der Waals surface area contributed by atoms with Gasteiger partial charge >= 0.3 is 0 Å². The first-order valence-corrected chi connectivity index (χ1v) is 10.2. The van der Waals surface area contributed by atoms with E-state index in [0.29, 0.717) is 10.0 Å². The van der Waals surface area contributed by atoms with E-state index in [2.05, 4.69) is 34.3 Å². The van der Waals surface area contributed by atoms with Gasteiger partial charge in [0.05, 0.1) is 16.1 Å². The van der Waals surface area contributed by atoms with Gasteiger partial charge in [-0.25, -0.2) is 0 Å². The zero-order chi connectivity index (χ0) is 19.9. The third-order valence-corrected chi connectivity index (χ3v) is 5.78. The lowest BCUT2D eigenvalue weighted by atomic mass is 10.1. The van der Waals surface area contributed by atoms with E-state index < -0.39 is 0 Å². The van der Waals surface area contributed by atoms with Gasteiger partial charge in [-0.05, 0) is 30.3 Å². The molecule has 1 N–H and O–H groups in total. The fourth-order valence-electron chi connectivity index (χ4n) is 3.24. The minimum atomic E-state index is -0.154. The van der Waals surface area contributed by atoms with Crippen LogP contribution in [0.3, 0.4) is 0 Å². The molecule has 6 heteroatoms. The van der Waals surface area contributed by atoms with Crippen LogP contribution in [0.5, 0.6) is 0 Å². The van der Waals surface area contributed by atoms with Gasteiger partial charge in [-0.15, -0.1) is 0 Å². The number of carbonyl (C=O) groups is 1. The number of rotatable bonds is 6. The third-order valence-electron chi connectivity index (χ3n) is 4.95. The van der Waals surface area contributed by atoms with Crippen molar-refractivity contribution in [1.29, 1.82) is 0 Å². The summed E-state index contributed by atoms with van der Waals surface area (Å²) in [5, 5.41) is 4.06. The summed E-state index contributed by atoms with van der Waals surface area (Å²) < 4.78 is 0. The number of amides is 1. The molecule has 1 amide bonds. The molecule has 1 unspecified atom stereocenters. The fraction of sp³-hybridized carbons (Fsp3) is 0.318. The van der Waals surface area contributed by atoms with Crippen LogP contribution in [-0.4, -0.2) is 55.5 Å². The molecule has 148 valence electrons. The van der Waals surface area contributed by atoms with Gasteiger partial charge < -0.3 is 10.2 Å². The number of carbonyl (C=O) groups excluding carboxylic acids is 1. The average Bonchev–Trinajstić information content (AvgIpc) is 2.71. The zero-order valence-electron chi connectivity index (χ0n) is 15.9. The minimum Gasteiger partial charge on any atom is -0.344 e. The van der Waals surface area contributed by atoms with E-state index in [-0.39, 0.29) is 11.9 Å². The molecule has 1 saturated heterocycles. The second-order valence-electron chi connectivity index (χ2n) is 7.05. The van der Waals surface area contributed by atoms with Crippen molar-refractivity contribution in [2.45, 2.75) is 6.04 Å². The predicted octanol–water partition coefficient (Wildman–Crippen LogP) is 4.11. The number of nitrogens with zero attached hydrogens (tertiary/aromatic N) is 2. The molecule has 4 nitrogen and oxygen atoms in total. The number of hydrogen-bond acceptors (Lipinski definition) is 3. The second-order valence-corrected chi connectivity index (χ2v) is 7.84. The van der Waals surface area contributed by atoms with Crippen LogP contribution >= 0.6 is 23.2 Å². The highest BCUT2D eigenvalue weighted by Crippen LogP contribution is 2.26. The van der Waals surface area contributed by atoms with Crippen molar-refractivity contribution in [3.63, 3.8) is 0 Å². The van der Waals surface area contributed by atoms with Crippen molar-refractivity contribution in [2.75, 3.05) is 39.8 Å². The molecule has 1 aliphatic rings. The summed E-state index contributed by atoms with van der Waals surface area (Å²) in [4.78, 5) is 17.3. The highest BCUT2D eigenvalue weighted by atomic mass is 35.5. The highest BCUT2D eigenvalue weighted by Gasteiger charge is 2.20. The number of benzene rings is 2. The normalized spacial score (nSPS) is 17.0. The number of halogens is 2. The molecule has 1 aliphatic heterocycles.